The molecule has 0 aliphatic carbocycles. The van der Waals surface area contributed by atoms with Crippen LogP contribution in [-0.4, -0.2) is 52.8 Å². The van der Waals surface area contributed by atoms with Gasteiger partial charge in [-0.2, -0.15) is 0 Å². The van der Waals surface area contributed by atoms with Crippen LogP contribution in [0, 0.1) is 0 Å². The number of carbonyl (C=O) groups excluding carboxylic acids is 1. The van der Waals surface area contributed by atoms with E-state index < -0.39 is 5.54 Å². The summed E-state index contributed by atoms with van der Waals surface area (Å²) in [6, 6.07) is 0.771. The number of carbonyl (C=O) groups is 1. The molecule has 1 fully saturated rings. The highest BCUT2D eigenvalue weighted by atomic mass is 16.2. The predicted octanol–water partition coefficient (Wildman–Crippen LogP) is 1.90. The van der Waals surface area contributed by atoms with Crippen LogP contribution in [0.2, 0.25) is 0 Å². The highest BCUT2D eigenvalue weighted by Gasteiger charge is 2.50. The van der Waals surface area contributed by atoms with Crippen LogP contribution in [0.1, 0.15) is 47.0 Å². The Hall–Kier alpha value is -0.900. The Bertz CT molecular complexity index is 353. The van der Waals surface area contributed by atoms with Crippen LogP contribution in [-0.2, 0) is 4.79 Å². The minimum Gasteiger partial charge on any atom is -0.299 e. The van der Waals surface area contributed by atoms with E-state index in [0.717, 1.165) is 19.5 Å². The van der Waals surface area contributed by atoms with Crippen molar-refractivity contribution in [1.82, 2.24) is 9.80 Å². The molecule has 2 rings (SSSR count). The Morgan fingerprint density at radius 2 is 2.17 bits per heavy atom. The maximum Gasteiger partial charge on any atom is 0.257 e. The Balaban J connectivity index is 2.04. The number of amides is 1. The van der Waals surface area contributed by atoms with Crippen LogP contribution < -0.4 is 0 Å². The van der Waals surface area contributed by atoms with Crippen molar-refractivity contribution in [3.63, 3.8) is 0 Å². The first-order chi connectivity index (χ1) is 8.50. The highest BCUT2D eigenvalue weighted by Crippen LogP contribution is 2.33. The molecular formula is C14H25N3O. The van der Waals surface area contributed by atoms with E-state index >= 15 is 0 Å². The van der Waals surface area contributed by atoms with Crippen molar-refractivity contribution in [3.05, 3.63) is 0 Å². The Labute approximate surface area is 110 Å². The maximum absolute atomic E-state index is 12.5. The van der Waals surface area contributed by atoms with E-state index in [9.17, 15) is 4.79 Å². The first kappa shape index (κ1) is 13.5. The monoisotopic (exact) mass is 251 g/mol. The fourth-order valence-corrected chi connectivity index (χ4v) is 2.97. The van der Waals surface area contributed by atoms with Gasteiger partial charge in [0, 0.05) is 25.2 Å². The minimum atomic E-state index is -0.466. The van der Waals surface area contributed by atoms with E-state index in [-0.39, 0.29) is 11.9 Å². The fourth-order valence-electron chi connectivity index (χ4n) is 2.97. The third-order valence-corrected chi connectivity index (χ3v) is 4.23. The molecule has 2 unspecified atom stereocenters. The molecular weight excluding hydrogens is 226 g/mol. The molecule has 0 N–H and O–H groups in total. The van der Waals surface area contributed by atoms with Crippen LogP contribution in [0.4, 0.5) is 0 Å². The summed E-state index contributed by atoms with van der Waals surface area (Å²) in [6.07, 6.45) is 5.02. The zero-order chi connectivity index (χ0) is 13.3. The zero-order valence-electron chi connectivity index (χ0n) is 12.0. The molecule has 102 valence electrons. The molecule has 0 aromatic carbocycles. The first-order valence-corrected chi connectivity index (χ1v) is 7.12. The van der Waals surface area contributed by atoms with Gasteiger partial charge in [0.2, 0.25) is 0 Å². The number of nitrogens with zero attached hydrogens (tertiary/aromatic N) is 3. The molecule has 1 amide bonds. The van der Waals surface area contributed by atoms with Crippen molar-refractivity contribution in [2.24, 2.45) is 4.99 Å². The second-order valence-corrected chi connectivity index (χ2v) is 5.94. The maximum atomic E-state index is 12.5. The zero-order valence-corrected chi connectivity index (χ0v) is 12.0. The Morgan fingerprint density at radius 1 is 1.44 bits per heavy atom. The summed E-state index contributed by atoms with van der Waals surface area (Å²) >= 11 is 0. The number of aliphatic imine (C=N–C) groups is 1. The summed E-state index contributed by atoms with van der Waals surface area (Å²) in [6.45, 7) is 10.3. The van der Waals surface area contributed by atoms with Gasteiger partial charge in [-0.1, -0.05) is 13.3 Å². The summed E-state index contributed by atoms with van der Waals surface area (Å²) in [5.74, 6) is 0.198. The molecule has 2 atom stereocenters. The molecule has 4 nitrogen and oxygen atoms in total. The van der Waals surface area contributed by atoms with Gasteiger partial charge in [0.05, 0.1) is 6.34 Å². The van der Waals surface area contributed by atoms with Crippen LogP contribution in [0.25, 0.3) is 0 Å². The molecule has 0 aromatic heterocycles. The third kappa shape index (κ3) is 2.18. The number of hydrogen-bond acceptors (Lipinski definition) is 3. The van der Waals surface area contributed by atoms with E-state index in [0.29, 0.717) is 6.04 Å². The molecule has 0 bridgehead atoms. The smallest absolute Gasteiger partial charge is 0.257 e. The molecule has 2 aliphatic rings. The lowest BCUT2D eigenvalue weighted by molar-refractivity contribution is -0.131. The first-order valence-electron chi connectivity index (χ1n) is 7.12. The van der Waals surface area contributed by atoms with Gasteiger partial charge < -0.3 is 0 Å². The highest BCUT2D eigenvalue weighted by molar-refractivity contribution is 6.00. The predicted molar refractivity (Wildman–Crippen MR) is 73.8 cm³/mol. The van der Waals surface area contributed by atoms with E-state index in [2.05, 4.69) is 23.7 Å². The van der Waals surface area contributed by atoms with Gasteiger partial charge in [-0.15, -0.1) is 0 Å². The molecule has 2 aliphatic heterocycles. The van der Waals surface area contributed by atoms with Gasteiger partial charge in [-0.3, -0.25) is 19.6 Å². The molecule has 1 spiro atoms. The van der Waals surface area contributed by atoms with Gasteiger partial charge in [-0.05, 0) is 33.6 Å². The SMILES string of the molecule is CCCC(C)N1CCC2(C1)N=CN(C(C)C)C2=O. The van der Waals surface area contributed by atoms with Crippen LogP contribution >= 0.6 is 0 Å². The van der Waals surface area contributed by atoms with E-state index in [1.165, 1.54) is 12.8 Å². The Morgan fingerprint density at radius 3 is 2.72 bits per heavy atom. The van der Waals surface area contributed by atoms with E-state index in [1.807, 2.05) is 13.8 Å². The summed E-state index contributed by atoms with van der Waals surface area (Å²) in [5.41, 5.74) is -0.466. The van der Waals surface area contributed by atoms with Gasteiger partial charge in [0.25, 0.3) is 5.91 Å². The summed E-state index contributed by atoms with van der Waals surface area (Å²) in [4.78, 5) is 21.2. The molecule has 0 aromatic rings. The summed E-state index contributed by atoms with van der Waals surface area (Å²) < 4.78 is 0. The normalized spacial score (nSPS) is 30.1. The van der Waals surface area contributed by atoms with Crippen molar-refractivity contribution in [2.45, 2.75) is 64.6 Å². The second-order valence-electron chi connectivity index (χ2n) is 5.94. The van der Waals surface area contributed by atoms with Gasteiger partial charge in [0.1, 0.15) is 0 Å². The standard InChI is InChI=1S/C14H25N3O/c1-5-6-12(4)16-8-7-14(9-16)13(18)17(10-15-14)11(2)3/h10-12H,5-9H2,1-4H3. The van der Waals surface area contributed by atoms with Crippen LogP contribution in [0.15, 0.2) is 4.99 Å². The summed E-state index contributed by atoms with van der Waals surface area (Å²) in [7, 11) is 0. The molecule has 0 radical (unpaired) electrons. The number of rotatable bonds is 4. The van der Waals surface area contributed by atoms with Crippen molar-refractivity contribution in [2.75, 3.05) is 13.1 Å². The van der Waals surface area contributed by atoms with Crippen LogP contribution in [0.3, 0.4) is 0 Å². The van der Waals surface area contributed by atoms with Crippen LogP contribution in [0.5, 0.6) is 0 Å². The molecule has 2 heterocycles. The summed E-state index contributed by atoms with van der Waals surface area (Å²) in [5, 5.41) is 0. The molecule has 0 saturated carbocycles. The third-order valence-electron chi connectivity index (χ3n) is 4.23. The van der Waals surface area contributed by atoms with E-state index in [4.69, 9.17) is 0 Å². The van der Waals surface area contributed by atoms with Gasteiger partial charge in [-0.25, -0.2) is 0 Å². The van der Waals surface area contributed by atoms with Crippen molar-refractivity contribution >= 4 is 12.2 Å². The topological polar surface area (TPSA) is 35.9 Å². The lowest BCUT2D eigenvalue weighted by atomic mass is 9.98. The Kier molecular flexibility index (Phi) is 3.76. The number of likely N-dealkylation sites (tertiary alicyclic amines) is 1. The van der Waals surface area contributed by atoms with E-state index in [1.54, 1.807) is 11.2 Å². The fraction of sp³-hybridized carbons (Fsp3) is 0.857. The lowest BCUT2D eigenvalue weighted by Gasteiger charge is -2.27. The second kappa shape index (κ2) is 5.00. The average molecular weight is 251 g/mol. The lowest BCUT2D eigenvalue weighted by Crippen LogP contribution is -2.46. The number of hydrogen-bond donors (Lipinski definition) is 0. The average Bonchev–Trinajstić information content (AvgIpc) is 2.87. The quantitative estimate of drug-likeness (QED) is 0.765. The van der Waals surface area contributed by atoms with Gasteiger partial charge >= 0.3 is 0 Å². The largest absolute Gasteiger partial charge is 0.299 e. The van der Waals surface area contributed by atoms with Crippen molar-refractivity contribution in [1.29, 1.82) is 0 Å². The minimum absolute atomic E-state index is 0.198. The van der Waals surface area contributed by atoms with Crippen molar-refractivity contribution < 1.29 is 4.79 Å². The molecule has 4 heteroatoms. The van der Waals surface area contributed by atoms with Crippen molar-refractivity contribution in [3.8, 4) is 0 Å². The van der Waals surface area contributed by atoms with Gasteiger partial charge in [0.15, 0.2) is 5.54 Å². The molecule has 18 heavy (non-hydrogen) atoms. The molecule has 1 saturated heterocycles.